The zero-order valence-corrected chi connectivity index (χ0v) is 19.9. The number of hydrogen-bond acceptors (Lipinski definition) is 5. The van der Waals surface area contributed by atoms with E-state index in [1.807, 2.05) is 0 Å². The Kier molecular flexibility index (Phi) is 13.6. The largest absolute Gasteiger partial charge is 1.00 e. The first-order chi connectivity index (χ1) is 10.0. The van der Waals surface area contributed by atoms with Crippen molar-refractivity contribution in [2.45, 2.75) is 49.3 Å². The van der Waals surface area contributed by atoms with E-state index in [1.54, 1.807) is 4.04 Å². The summed E-state index contributed by atoms with van der Waals surface area (Å²) in [6.45, 7) is 14.3. The molecule has 0 aliphatic carbocycles. The molecule has 1 rings (SSSR count). The molecule has 0 saturated carbocycles. The van der Waals surface area contributed by atoms with Gasteiger partial charge in [-0.05, 0) is 0 Å². The maximum atomic E-state index is 8.55. The van der Waals surface area contributed by atoms with Gasteiger partial charge in [-0.15, -0.1) is 0 Å². The van der Waals surface area contributed by atoms with Crippen molar-refractivity contribution in [2.75, 3.05) is 19.0 Å². The van der Waals surface area contributed by atoms with E-state index in [2.05, 4.69) is 84.8 Å². The van der Waals surface area contributed by atoms with E-state index in [9.17, 15) is 0 Å². The van der Waals surface area contributed by atoms with Gasteiger partial charge in [0.05, 0.1) is 0 Å². The molecular weight excluding hydrogens is 478 g/mol. The van der Waals surface area contributed by atoms with Crippen molar-refractivity contribution in [1.29, 1.82) is 0 Å². The molecule has 1 aromatic rings. The third-order valence-electron chi connectivity index (χ3n) is 2.45. The maximum absolute atomic E-state index is 8.55. The van der Waals surface area contributed by atoms with E-state index >= 15 is 0 Å². The first kappa shape index (κ1) is 30.1. The van der Waals surface area contributed by atoms with Crippen molar-refractivity contribution >= 4 is 17.5 Å². The minimum atomic E-state index is -5.39. The Morgan fingerprint density at radius 2 is 1.12 bits per heavy atom. The maximum Gasteiger partial charge on any atom is -0.159 e. The number of nitrogens with zero attached hydrogens (tertiary/aromatic N) is 1. The number of hydrogen-bond donors (Lipinski definition) is 0. The Balaban J connectivity index is -0.000000610. The standard InChI is InChI=1S/C8H10N.2C4H9.2ClH.H3O4P.Pd/c1-9(2)8-6-4-3-5-7-8;2*1-4(2)3;;;1-5(2,3)4;/h4-7H,1-2H3;2*1-3H3;2*1H;(H3,1,2,3,4);/q;;;;;;+1/p-5. The van der Waals surface area contributed by atoms with Crippen molar-refractivity contribution < 1.29 is 60.8 Å². The van der Waals surface area contributed by atoms with E-state index in [0.717, 1.165) is 0 Å². The topological polar surface area (TPSA) is 89.5 Å². The van der Waals surface area contributed by atoms with E-state index in [-0.39, 0.29) is 24.8 Å². The monoisotopic (exact) mass is 505 g/mol. The summed E-state index contributed by atoms with van der Waals surface area (Å²) in [5.41, 5.74) is 1.28. The van der Waals surface area contributed by atoms with Crippen LogP contribution in [-0.2, 0) is 21.3 Å². The van der Waals surface area contributed by atoms with Crippen LogP contribution in [0.3, 0.4) is 0 Å². The second kappa shape index (κ2) is 11.3. The molecule has 0 spiro atoms. The number of benzene rings is 1. The second-order valence-corrected chi connectivity index (χ2v) is 14.6. The van der Waals surface area contributed by atoms with E-state index < -0.39 is 24.6 Å². The van der Waals surface area contributed by atoms with Gasteiger partial charge >= 0.3 is 119 Å². The smallest absolute Gasteiger partial charge is 0.159 e. The number of halogens is 2. The van der Waals surface area contributed by atoms with E-state index in [4.69, 9.17) is 19.2 Å². The fourth-order valence-corrected chi connectivity index (χ4v) is 9.06. The molecule has 0 bridgehead atoms. The molecule has 5 nitrogen and oxygen atoms in total. The molecule has 0 fully saturated rings. The van der Waals surface area contributed by atoms with Crippen LogP contribution in [-0.4, -0.2) is 14.1 Å². The quantitative estimate of drug-likeness (QED) is 0.299. The van der Waals surface area contributed by atoms with E-state index in [1.165, 1.54) is 5.69 Å². The molecule has 0 unspecified atom stereocenters. The van der Waals surface area contributed by atoms with Gasteiger partial charge in [0.2, 0.25) is 0 Å². The zero-order chi connectivity index (χ0) is 18.6. The third-order valence-corrected chi connectivity index (χ3v) is 8.53. The Morgan fingerprint density at radius 1 is 0.840 bits per heavy atom. The average Bonchev–Trinajstić information content (AvgIpc) is 2.23. The van der Waals surface area contributed by atoms with Gasteiger partial charge < -0.3 is 44.1 Å². The van der Waals surface area contributed by atoms with Gasteiger partial charge in [0.1, 0.15) is 0 Å². The summed E-state index contributed by atoms with van der Waals surface area (Å²) in [4.78, 5) is 27.8. The molecule has 0 atom stereocenters. The first-order valence-corrected chi connectivity index (χ1v) is 10.9. The minimum absolute atomic E-state index is 0. The summed E-state index contributed by atoms with van der Waals surface area (Å²) in [7, 11) is -1.20. The summed E-state index contributed by atoms with van der Waals surface area (Å²) in [5, 5.41) is 0. The fraction of sp³-hybridized carbons (Fsp3) is 0.625. The Bertz CT molecular complexity index is 514. The number of rotatable bonds is 2. The van der Waals surface area contributed by atoms with Crippen molar-refractivity contribution in [3.05, 3.63) is 24.3 Å². The van der Waals surface area contributed by atoms with Gasteiger partial charge in [0.25, 0.3) is 0 Å². The van der Waals surface area contributed by atoms with Gasteiger partial charge in [-0.25, -0.2) is 0 Å². The van der Waals surface area contributed by atoms with Crippen LogP contribution >= 0.6 is 7.82 Å². The molecular formula is C16H28Cl2NO4PPd-4. The van der Waals surface area contributed by atoms with Gasteiger partial charge in [-0.3, -0.25) is 0 Å². The molecule has 0 N–H and O–H groups in total. The van der Waals surface area contributed by atoms with Gasteiger partial charge in [0, 0.05) is 0 Å². The van der Waals surface area contributed by atoms with Crippen LogP contribution in [0.1, 0.15) is 41.5 Å². The van der Waals surface area contributed by atoms with Crippen molar-refractivity contribution in [2.24, 2.45) is 0 Å². The molecule has 0 aliphatic rings. The van der Waals surface area contributed by atoms with Crippen molar-refractivity contribution in [1.82, 2.24) is 0 Å². The normalized spacial score (nSPS) is 12.0. The first-order valence-electron chi connectivity index (χ1n) is 7.14. The van der Waals surface area contributed by atoms with Crippen LogP contribution in [0.5, 0.6) is 0 Å². The minimum Gasteiger partial charge on any atom is -1.00 e. The molecule has 0 saturated heterocycles. The number of phosphoric acid groups is 1. The summed E-state index contributed by atoms with van der Waals surface area (Å²) in [6, 6.07) is 9.18. The van der Waals surface area contributed by atoms with Crippen LogP contribution in [0.15, 0.2) is 24.3 Å². The van der Waals surface area contributed by atoms with Crippen LogP contribution in [0.25, 0.3) is 0 Å². The third kappa shape index (κ3) is 13.2. The van der Waals surface area contributed by atoms with Crippen molar-refractivity contribution in [3.8, 4) is 0 Å². The average molecular weight is 507 g/mol. The number of anilines is 1. The molecule has 1 aromatic carbocycles. The molecule has 25 heavy (non-hydrogen) atoms. The Hall–Kier alpha value is 0.372. The molecule has 9 heteroatoms. The molecule has 0 radical (unpaired) electrons. The van der Waals surface area contributed by atoms with Crippen LogP contribution in [0.2, 0.25) is 7.78 Å². The summed E-state index contributed by atoms with van der Waals surface area (Å²) in [6.07, 6.45) is 0. The Morgan fingerprint density at radius 3 is 1.32 bits per heavy atom. The van der Waals surface area contributed by atoms with Gasteiger partial charge in [0.15, 0.2) is 0 Å². The summed E-state index contributed by atoms with van der Waals surface area (Å²) < 4.78 is 10.9. The molecule has 0 aliphatic heterocycles. The second-order valence-electron chi connectivity index (χ2n) is 6.97. The Labute approximate surface area is 170 Å². The summed E-state index contributed by atoms with van der Waals surface area (Å²) >= 11 is -0.784. The predicted octanol–water partition coefficient (Wildman–Crippen LogP) is -4.38. The fourth-order valence-electron chi connectivity index (χ4n) is 2.09. The van der Waals surface area contributed by atoms with Gasteiger partial charge in [-0.2, -0.15) is 7.82 Å². The SMILES string of the molecule is CN(C)c1cc[c]([Pd+]([C](C)(C)C)[C](C)(C)C)cc1.O=P([O-])([O-])[O-].[Cl-].[Cl-]. The van der Waals surface area contributed by atoms with E-state index in [0.29, 0.717) is 7.78 Å². The molecule has 0 aromatic heterocycles. The molecule has 0 heterocycles. The zero-order valence-electron chi connectivity index (χ0n) is 15.9. The van der Waals surface area contributed by atoms with Gasteiger partial charge in [-0.1, -0.05) is 0 Å². The van der Waals surface area contributed by atoms with Crippen LogP contribution < -0.4 is 48.4 Å². The predicted molar refractivity (Wildman–Crippen MR) is 87.4 cm³/mol. The van der Waals surface area contributed by atoms with Crippen molar-refractivity contribution in [3.63, 3.8) is 0 Å². The molecule has 154 valence electrons. The molecule has 0 amide bonds. The van der Waals surface area contributed by atoms with Crippen LogP contribution in [0, 0.1) is 0 Å². The van der Waals surface area contributed by atoms with Crippen LogP contribution in [0.4, 0.5) is 5.69 Å². The summed E-state index contributed by atoms with van der Waals surface area (Å²) in [5.74, 6) is 0.